The standard InChI is InChI=1S/C13H16ClO3P/c1-4-6-11(2)17-18(15,16-3)10-12-7-5-8-13(14)9-12/h1,5,7-9,11H,6,10H2,2-3H3. The Morgan fingerprint density at radius 1 is 1.56 bits per heavy atom. The van der Waals surface area contributed by atoms with Crippen molar-refractivity contribution in [3.8, 4) is 12.3 Å². The molecule has 0 N–H and O–H groups in total. The molecule has 0 spiro atoms. The lowest BCUT2D eigenvalue weighted by Gasteiger charge is -2.20. The molecule has 0 fully saturated rings. The van der Waals surface area contributed by atoms with E-state index in [2.05, 4.69) is 5.92 Å². The highest BCUT2D eigenvalue weighted by Crippen LogP contribution is 2.52. The van der Waals surface area contributed by atoms with E-state index in [0.717, 1.165) is 5.56 Å². The average molecular weight is 287 g/mol. The molecule has 0 aromatic heterocycles. The van der Waals surface area contributed by atoms with Crippen LogP contribution in [0.3, 0.4) is 0 Å². The molecule has 3 nitrogen and oxygen atoms in total. The van der Waals surface area contributed by atoms with E-state index in [1.807, 2.05) is 6.07 Å². The van der Waals surface area contributed by atoms with Crippen molar-refractivity contribution in [3.63, 3.8) is 0 Å². The largest absolute Gasteiger partial charge is 0.335 e. The molecule has 0 aliphatic rings. The average Bonchev–Trinajstić information content (AvgIpc) is 2.29. The second-order valence-electron chi connectivity index (χ2n) is 3.91. The second kappa shape index (κ2) is 6.97. The molecule has 1 aromatic rings. The predicted molar refractivity (Wildman–Crippen MR) is 73.8 cm³/mol. The van der Waals surface area contributed by atoms with Gasteiger partial charge in [-0.1, -0.05) is 23.7 Å². The van der Waals surface area contributed by atoms with Crippen molar-refractivity contribution >= 4 is 19.2 Å². The van der Waals surface area contributed by atoms with Gasteiger partial charge in [-0.3, -0.25) is 4.57 Å². The van der Waals surface area contributed by atoms with Gasteiger partial charge in [0.2, 0.25) is 0 Å². The Kier molecular flexibility index (Phi) is 5.91. The van der Waals surface area contributed by atoms with E-state index >= 15 is 0 Å². The third-order valence-corrected chi connectivity index (χ3v) is 4.51. The van der Waals surface area contributed by atoms with Gasteiger partial charge in [0.25, 0.3) is 0 Å². The summed E-state index contributed by atoms with van der Waals surface area (Å²) < 4.78 is 22.8. The second-order valence-corrected chi connectivity index (χ2v) is 6.46. The molecule has 18 heavy (non-hydrogen) atoms. The Labute approximate surface area is 113 Å². The van der Waals surface area contributed by atoms with Crippen LogP contribution < -0.4 is 0 Å². The van der Waals surface area contributed by atoms with Gasteiger partial charge in [-0.2, -0.15) is 0 Å². The van der Waals surface area contributed by atoms with E-state index in [0.29, 0.717) is 11.4 Å². The van der Waals surface area contributed by atoms with E-state index in [1.54, 1.807) is 25.1 Å². The minimum Gasteiger partial charge on any atom is -0.312 e. The first-order chi connectivity index (χ1) is 8.49. The fourth-order valence-electron chi connectivity index (χ4n) is 1.48. The SMILES string of the molecule is C#CCC(C)OP(=O)(Cc1cccc(Cl)c1)OC. The molecule has 0 heterocycles. The first kappa shape index (κ1) is 15.3. The zero-order valence-electron chi connectivity index (χ0n) is 10.4. The van der Waals surface area contributed by atoms with Gasteiger partial charge in [-0.25, -0.2) is 0 Å². The summed E-state index contributed by atoms with van der Waals surface area (Å²) in [5.41, 5.74) is 0.806. The fraction of sp³-hybridized carbons (Fsp3) is 0.385. The molecule has 1 aromatic carbocycles. The third-order valence-electron chi connectivity index (χ3n) is 2.29. The van der Waals surface area contributed by atoms with Gasteiger partial charge >= 0.3 is 7.60 Å². The van der Waals surface area contributed by atoms with Crippen LogP contribution in [0.2, 0.25) is 5.02 Å². The molecular weight excluding hydrogens is 271 g/mol. The zero-order valence-corrected chi connectivity index (χ0v) is 12.1. The number of hydrogen-bond donors (Lipinski definition) is 0. The fourth-order valence-corrected chi connectivity index (χ4v) is 3.25. The zero-order chi connectivity index (χ0) is 13.6. The smallest absolute Gasteiger partial charge is 0.312 e. The monoisotopic (exact) mass is 286 g/mol. The molecule has 2 unspecified atom stereocenters. The maximum Gasteiger partial charge on any atom is 0.335 e. The molecule has 5 heteroatoms. The predicted octanol–water partition coefficient (Wildman–Crippen LogP) is 4.11. The molecule has 0 bridgehead atoms. The lowest BCUT2D eigenvalue weighted by atomic mass is 10.2. The van der Waals surface area contributed by atoms with Gasteiger partial charge in [0.05, 0.1) is 12.3 Å². The van der Waals surface area contributed by atoms with Crippen molar-refractivity contribution in [1.29, 1.82) is 0 Å². The van der Waals surface area contributed by atoms with Gasteiger partial charge < -0.3 is 9.05 Å². The molecule has 0 saturated carbocycles. The number of hydrogen-bond acceptors (Lipinski definition) is 3. The lowest BCUT2D eigenvalue weighted by molar-refractivity contribution is 0.177. The van der Waals surface area contributed by atoms with E-state index in [9.17, 15) is 4.57 Å². The van der Waals surface area contributed by atoms with Crippen molar-refractivity contribution in [3.05, 3.63) is 34.9 Å². The summed E-state index contributed by atoms with van der Waals surface area (Å²) in [4.78, 5) is 0. The van der Waals surface area contributed by atoms with E-state index in [4.69, 9.17) is 27.1 Å². The number of rotatable bonds is 6. The van der Waals surface area contributed by atoms with Crippen molar-refractivity contribution in [2.45, 2.75) is 25.6 Å². The highest BCUT2D eigenvalue weighted by molar-refractivity contribution is 7.53. The van der Waals surface area contributed by atoms with Crippen LogP contribution in [-0.4, -0.2) is 13.2 Å². The summed E-state index contributed by atoms with van der Waals surface area (Å²) in [6.45, 7) is 1.77. The van der Waals surface area contributed by atoms with Crippen LogP contribution in [0.4, 0.5) is 0 Å². The lowest BCUT2D eigenvalue weighted by Crippen LogP contribution is -2.07. The van der Waals surface area contributed by atoms with Crippen LogP contribution in [-0.2, 0) is 19.8 Å². The molecule has 98 valence electrons. The third kappa shape index (κ3) is 4.84. The van der Waals surface area contributed by atoms with Gasteiger partial charge in [-0.05, 0) is 24.6 Å². The molecule has 1 rings (SSSR count). The van der Waals surface area contributed by atoms with Crippen molar-refractivity contribution < 1.29 is 13.6 Å². The Morgan fingerprint density at radius 2 is 2.28 bits per heavy atom. The summed E-state index contributed by atoms with van der Waals surface area (Å²) in [7, 11) is -1.81. The first-order valence-electron chi connectivity index (χ1n) is 5.50. The molecule has 0 amide bonds. The molecule has 0 aliphatic heterocycles. The van der Waals surface area contributed by atoms with Crippen LogP contribution in [0, 0.1) is 12.3 Å². The Morgan fingerprint density at radius 3 is 2.83 bits per heavy atom. The van der Waals surface area contributed by atoms with Gasteiger partial charge in [0.15, 0.2) is 0 Å². The van der Waals surface area contributed by atoms with E-state index in [-0.39, 0.29) is 12.3 Å². The molecule has 0 radical (unpaired) electrons. The topological polar surface area (TPSA) is 35.5 Å². The van der Waals surface area contributed by atoms with Crippen LogP contribution in [0.15, 0.2) is 24.3 Å². The number of halogens is 1. The molecule has 0 aliphatic carbocycles. The molecular formula is C13H16ClO3P. The summed E-state index contributed by atoms with van der Waals surface area (Å²) >= 11 is 5.87. The highest BCUT2D eigenvalue weighted by Gasteiger charge is 2.26. The molecule has 2 atom stereocenters. The van der Waals surface area contributed by atoms with Crippen LogP contribution in [0.5, 0.6) is 0 Å². The molecule has 0 saturated heterocycles. The highest BCUT2D eigenvalue weighted by atomic mass is 35.5. The first-order valence-corrected chi connectivity index (χ1v) is 7.61. The van der Waals surface area contributed by atoms with Gasteiger partial charge in [0, 0.05) is 18.6 Å². The maximum absolute atomic E-state index is 12.4. The summed E-state index contributed by atoms with van der Waals surface area (Å²) in [6, 6.07) is 7.11. The summed E-state index contributed by atoms with van der Waals surface area (Å²) in [5, 5.41) is 0.590. The van der Waals surface area contributed by atoms with Crippen LogP contribution in [0.25, 0.3) is 0 Å². The minimum absolute atomic E-state index is 0.180. The summed E-state index contributed by atoms with van der Waals surface area (Å²) in [5.74, 6) is 2.46. The summed E-state index contributed by atoms with van der Waals surface area (Å²) in [6.07, 6.45) is 5.45. The maximum atomic E-state index is 12.4. The van der Waals surface area contributed by atoms with E-state index in [1.165, 1.54) is 7.11 Å². The quantitative estimate of drug-likeness (QED) is 0.583. The minimum atomic E-state index is -3.18. The Hall–Kier alpha value is -0.780. The number of terminal acetylenes is 1. The van der Waals surface area contributed by atoms with Crippen molar-refractivity contribution in [1.82, 2.24) is 0 Å². The van der Waals surface area contributed by atoms with Gasteiger partial charge in [0.1, 0.15) is 0 Å². The normalized spacial score (nSPS) is 15.7. The van der Waals surface area contributed by atoms with Gasteiger partial charge in [-0.15, -0.1) is 12.3 Å². The van der Waals surface area contributed by atoms with Crippen molar-refractivity contribution in [2.24, 2.45) is 0 Å². The van der Waals surface area contributed by atoms with Crippen LogP contribution in [0.1, 0.15) is 18.9 Å². The Bertz CT molecular complexity index is 481. The number of benzene rings is 1. The van der Waals surface area contributed by atoms with Crippen molar-refractivity contribution in [2.75, 3.05) is 7.11 Å². The van der Waals surface area contributed by atoms with E-state index < -0.39 is 7.60 Å². The Balaban J connectivity index is 2.77. The van der Waals surface area contributed by atoms with Crippen LogP contribution >= 0.6 is 19.2 Å².